The number of nitrogens with zero attached hydrogens (tertiary/aromatic N) is 2. The Morgan fingerprint density at radius 3 is 2.91 bits per heavy atom. The molecule has 2 heterocycles. The van der Waals surface area contributed by atoms with Gasteiger partial charge < -0.3 is 16.4 Å². The van der Waals surface area contributed by atoms with Crippen molar-refractivity contribution in [2.75, 3.05) is 25.0 Å². The number of hydrogen-bond acceptors (Lipinski definition) is 4. The van der Waals surface area contributed by atoms with Crippen LogP contribution >= 0.6 is 0 Å². The van der Waals surface area contributed by atoms with Crippen molar-refractivity contribution < 1.29 is 4.79 Å². The minimum atomic E-state index is -0.362. The fourth-order valence-electron chi connectivity index (χ4n) is 2.77. The van der Waals surface area contributed by atoms with Gasteiger partial charge in [-0.05, 0) is 18.5 Å². The van der Waals surface area contributed by atoms with E-state index in [2.05, 4.69) is 15.7 Å². The Morgan fingerprint density at radius 1 is 1.41 bits per heavy atom. The molecule has 1 fully saturated rings. The molecule has 116 valence electrons. The zero-order chi connectivity index (χ0) is 15.4. The number of carbonyl (C=O) groups is 1. The molecule has 3 rings (SSSR count). The summed E-state index contributed by atoms with van der Waals surface area (Å²) in [5.41, 5.74) is 6.69. The van der Waals surface area contributed by atoms with E-state index in [1.54, 1.807) is 0 Å². The first kappa shape index (κ1) is 14.7. The van der Waals surface area contributed by atoms with Crippen LogP contribution in [0.3, 0.4) is 0 Å². The van der Waals surface area contributed by atoms with Crippen LogP contribution < -0.4 is 16.4 Å². The third-order valence-corrected chi connectivity index (χ3v) is 4.02. The van der Waals surface area contributed by atoms with Crippen LogP contribution in [0.1, 0.15) is 23.9 Å². The largest absolute Gasteiger partial charge is 0.329 e. The second kappa shape index (κ2) is 6.72. The molecule has 6 nitrogen and oxygen atoms in total. The lowest BCUT2D eigenvalue weighted by Crippen LogP contribution is -2.27. The first-order chi connectivity index (χ1) is 10.8. The van der Waals surface area contributed by atoms with E-state index in [9.17, 15) is 4.79 Å². The molecule has 1 saturated heterocycles. The lowest BCUT2D eigenvalue weighted by Gasteiger charge is -2.14. The molecule has 0 spiro atoms. The zero-order valence-electron chi connectivity index (χ0n) is 12.4. The van der Waals surface area contributed by atoms with Crippen molar-refractivity contribution in [1.29, 1.82) is 0 Å². The fraction of sp³-hybridized carbons (Fsp3) is 0.375. The van der Waals surface area contributed by atoms with E-state index >= 15 is 0 Å². The third-order valence-electron chi connectivity index (χ3n) is 4.02. The van der Waals surface area contributed by atoms with Crippen molar-refractivity contribution >= 4 is 11.7 Å². The molecule has 6 heteroatoms. The summed E-state index contributed by atoms with van der Waals surface area (Å²) in [7, 11) is 0. The van der Waals surface area contributed by atoms with E-state index in [1.807, 2.05) is 47.3 Å². The number of benzene rings is 1. The van der Waals surface area contributed by atoms with Crippen LogP contribution in [0.15, 0.2) is 42.6 Å². The number of carbonyl (C=O) groups excluding carboxylic acids is 1. The average Bonchev–Trinajstić information content (AvgIpc) is 3.20. The molecule has 1 aliphatic rings. The maximum atomic E-state index is 12.4. The SMILES string of the molecule is NC[C@H](C(=O)Nc1ccn([C@H]2CCNC2)n1)c1ccccc1. The predicted octanol–water partition coefficient (Wildman–Crippen LogP) is 1.10. The van der Waals surface area contributed by atoms with Gasteiger partial charge in [-0.2, -0.15) is 5.10 Å². The van der Waals surface area contributed by atoms with E-state index in [0.29, 0.717) is 11.9 Å². The van der Waals surface area contributed by atoms with Crippen LogP contribution in [0.25, 0.3) is 0 Å². The standard InChI is InChI=1S/C16H21N5O/c17-10-14(12-4-2-1-3-5-12)16(22)19-15-7-9-21(20-15)13-6-8-18-11-13/h1-5,7,9,13-14,18H,6,8,10-11,17H2,(H,19,20,22)/t13-,14-/m0/s1. The van der Waals surface area contributed by atoms with Gasteiger partial charge in [0.05, 0.1) is 12.0 Å². The Hall–Kier alpha value is -2.18. The molecule has 2 aromatic rings. The molecule has 2 atom stereocenters. The van der Waals surface area contributed by atoms with Crippen LogP contribution in [-0.2, 0) is 4.79 Å². The van der Waals surface area contributed by atoms with Gasteiger partial charge in [0.15, 0.2) is 5.82 Å². The van der Waals surface area contributed by atoms with Crippen LogP contribution in [-0.4, -0.2) is 35.3 Å². The number of nitrogens with one attached hydrogen (secondary N) is 2. The third kappa shape index (κ3) is 3.18. The van der Waals surface area contributed by atoms with Crippen LogP contribution in [0.2, 0.25) is 0 Å². The summed E-state index contributed by atoms with van der Waals surface area (Å²) in [4.78, 5) is 12.4. The summed E-state index contributed by atoms with van der Waals surface area (Å²) in [6.07, 6.45) is 2.97. The fourth-order valence-corrected chi connectivity index (χ4v) is 2.77. The predicted molar refractivity (Wildman–Crippen MR) is 85.6 cm³/mol. The Morgan fingerprint density at radius 2 is 2.23 bits per heavy atom. The molecule has 1 amide bonds. The molecular formula is C16H21N5O. The van der Waals surface area contributed by atoms with Crippen molar-refractivity contribution in [2.24, 2.45) is 5.73 Å². The molecule has 0 unspecified atom stereocenters. The molecule has 22 heavy (non-hydrogen) atoms. The van der Waals surface area contributed by atoms with Gasteiger partial charge in [-0.3, -0.25) is 9.48 Å². The van der Waals surface area contributed by atoms with E-state index in [1.165, 1.54) is 0 Å². The summed E-state index contributed by atoms with van der Waals surface area (Å²) in [6, 6.07) is 11.8. The Labute approximate surface area is 129 Å². The highest BCUT2D eigenvalue weighted by atomic mass is 16.2. The number of anilines is 1. The topological polar surface area (TPSA) is 85.0 Å². The summed E-state index contributed by atoms with van der Waals surface area (Å²) in [5, 5.41) is 10.6. The Balaban J connectivity index is 1.68. The number of rotatable bonds is 5. The van der Waals surface area contributed by atoms with Crippen molar-refractivity contribution in [3.05, 3.63) is 48.2 Å². The van der Waals surface area contributed by atoms with Crippen LogP contribution in [0.5, 0.6) is 0 Å². The second-order valence-electron chi connectivity index (χ2n) is 5.52. The zero-order valence-corrected chi connectivity index (χ0v) is 12.4. The average molecular weight is 299 g/mol. The van der Waals surface area contributed by atoms with Crippen molar-refractivity contribution in [3.8, 4) is 0 Å². The van der Waals surface area contributed by atoms with E-state index < -0.39 is 0 Å². The quantitative estimate of drug-likeness (QED) is 0.772. The minimum absolute atomic E-state index is 0.122. The van der Waals surface area contributed by atoms with Gasteiger partial charge in [-0.25, -0.2) is 0 Å². The molecule has 1 aromatic heterocycles. The number of amides is 1. The molecule has 1 aliphatic heterocycles. The Kier molecular flexibility index (Phi) is 4.50. The van der Waals surface area contributed by atoms with Gasteiger partial charge in [0.25, 0.3) is 0 Å². The van der Waals surface area contributed by atoms with E-state index in [0.717, 1.165) is 25.1 Å². The monoisotopic (exact) mass is 299 g/mol. The van der Waals surface area contributed by atoms with E-state index in [-0.39, 0.29) is 18.4 Å². The lowest BCUT2D eigenvalue weighted by molar-refractivity contribution is -0.117. The van der Waals surface area contributed by atoms with Gasteiger partial charge in [0, 0.05) is 25.4 Å². The van der Waals surface area contributed by atoms with Gasteiger partial charge in [-0.1, -0.05) is 30.3 Å². The highest BCUT2D eigenvalue weighted by Gasteiger charge is 2.21. The first-order valence-corrected chi connectivity index (χ1v) is 7.59. The van der Waals surface area contributed by atoms with Crippen LogP contribution in [0, 0.1) is 0 Å². The van der Waals surface area contributed by atoms with E-state index in [4.69, 9.17) is 5.73 Å². The molecule has 0 saturated carbocycles. The minimum Gasteiger partial charge on any atom is -0.329 e. The van der Waals surface area contributed by atoms with Crippen molar-refractivity contribution in [2.45, 2.75) is 18.4 Å². The first-order valence-electron chi connectivity index (χ1n) is 7.59. The number of nitrogens with two attached hydrogens (primary N) is 1. The molecular weight excluding hydrogens is 278 g/mol. The normalized spacial score (nSPS) is 19.0. The smallest absolute Gasteiger partial charge is 0.234 e. The maximum Gasteiger partial charge on any atom is 0.234 e. The highest BCUT2D eigenvalue weighted by Crippen LogP contribution is 2.19. The number of hydrogen-bond donors (Lipinski definition) is 3. The molecule has 4 N–H and O–H groups in total. The number of aromatic nitrogens is 2. The van der Waals surface area contributed by atoms with Gasteiger partial charge in [0.1, 0.15) is 0 Å². The van der Waals surface area contributed by atoms with Crippen molar-refractivity contribution in [3.63, 3.8) is 0 Å². The molecule has 0 bridgehead atoms. The lowest BCUT2D eigenvalue weighted by atomic mass is 9.98. The summed E-state index contributed by atoms with van der Waals surface area (Å²) in [6.45, 7) is 2.20. The van der Waals surface area contributed by atoms with Crippen LogP contribution in [0.4, 0.5) is 5.82 Å². The maximum absolute atomic E-state index is 12.4. The van der Waals surface area contributed by atoms with Gasteiger partial charge in [-0.15, -0.1) is 0 Å². The highest BCUT2D eigenvalue weighted by molar-refractivity contribution is 5.95. The molecule has 0 radical (unpaired) electrons. The molecule has 0 aliphatic carbocycles. The second-order valence-corrected chi connectivity index (χ2v) is 5.52. The summed E-state index contributed by atoms with van der Waals surface area (Å²) in [5.74, 6) is 0.0919. The van der Waals surface area contributed by atoms with Crippen molar-refractivity contribution in [1.82, 2.24) is 15.1 Å². The Bertz CT molecular complexity index is 618. The van der Waals surface area contributed by atoms with Gasteiger partial charge in [0.2, 0.25) is 5.91 Å². The summed E-state index contributed by atoms with van der Waals surface area (Å²) < 4.78 is 1.91. The molecule has 1 aromatic carbocycles. The van der Waals surface area contributed by atoms with Gasteiger partial charge >= 0.3 is 0 Å². The summed E-state index contributed by atoms with van der Waals surface area (Å²) >= 11 is 0.